The number of thiazole rings is 1. The maximum atomic E-state index is 5.07. The maximum Gasteiger partial charge on any atom is 0.104 e. The molecule has 1 aromatic heterocycles. The third-order valence-corrected chi connectivity index (χ3v) is 6.30. The molecule has 0 amide bonds. The van der Waals surface area contributed by atoms with Gasteiger partial charge in [0.15, 0.2) is 0 Å². The summed E-state index contributed by atoms with van der Waals surface area (Å²) in [4.78, 5) is 6.59. The predicted octanol–water partition coefficient (Wildman–Crippen LogP) is 4.21. The number of aryl methyl sites for hydroxylation is 1. The Balaban J connectivity index is 1.71. The molecule has 1 N–H and O–H groups in total. The third kappa shape index (κ3) is 2.23. The van der Waals surface area contributed by atoms with Crippen LogP contribution in [0.15, 0.2) is 30.3 Å². The minimum Gasteiger partial charge on any atom is -0.309 e. The van der Waals surface area contributed by atoms with E-state index in [4.69, 9.17) is 4.98 Å². The van der Waals surface area contributed by atoms with Crippen LogP contribution in [0.2, 0.25) is 0 Å². The third-order valence-electron chi connectivity index (χ3n) is 4.89. The van der Waals surface area contributed by atoms with Gasteiger partial charge in [0.25, 0.3) is 0 Å². The number of hydrogen-bond acceptors (Lipinski definition) is 3. The second-order valence-corrected chi connectivity index (χ2v) is 7.31. The smallest absolute Gasteiger partial charge is 0.104 e. The first-order valence-corrected chi connectivity index (χ1v) is 8.94. The van der Waals surface area contributed by atoms with Gasteiger partial charge in [0, 0.05) is 16.3 Å². The SMILES string of the molecule is CCNC1CCCc2nc(C3(c4ccccc4)CC3)sc21. The van der Waals surface area contributed by atoms with Crippen LogP contribution in [0.4, 0.5) is 0 Å². The van der Waals surface area contributed by atoms with E-state index < -0.39 is 0 Å². The number of benzene rings is 1. The molecule has 0 bridgehead atoms. The normalized spacial score (nSPS) is 22.8. The lowest BCUT2D eigenvalue weighted by Gasteiger charge is -2.21. The van der Waals surface area contributed by atoms with Crippen molar-refractivity contribution in [2.24, 2.45) is 0 Å². The fraction of sp³-hybridized carbons (Fsp3) is 0.500. The summed E-state index contributed by atoms with van der Waals surface area (Å²) in [5, 5.41) is 5.00. The van der Waals surface area contributed by atoms with Crippen molar-refractivity contribution in [3.05, 3.63) is 51.5 Å². The van der Waals surface area contributed by atoms with Crippen LogP contribution in [0.5, 0.6) is 0 Å². The van der Waals surface area contributed by atoms with Gasteiger partial charge < -0.3 is 5.32 Å². The van der Waals surface area contributed by atoms with E-state index >= 15 is 0 Å². The lowest BCUT2D eigenvalue weighted by molar-refractivity contribution is 0.476. The number of nitrogens with zero attached hydrogens (tertiary/aromatic N) is 1. The van der Waals surface area contributed by atoms with Crippen LogP contribution in [0.25, 0.3) is 0 Å². The summed E-state index contributed by atoms with van der Waals surface area (Å²) in [7, 11) is 0. The van der Waals surface area contributed by atoms with Crippen LogP contribution < -0.4 is 5.32 Å². The summed E-state index contributed by atoms with van der Waals surface area (Å²) in [6.07, 6.45) is 6.22. The van der Waals surface area contributed by atoms with Crippen molar-refractivity contribution in [2.75, 3.05) is 6.54 Å². The van der Waals surface area contributed by atoms with Crippen LogP contribution >= 0.6 is 11.3 Å². The molecule has 0 aliphatic heterocycles. The average molecular weight is 298 g/mol. The highest BCUT2D eigenvalue weighted by molar-refractivity contribution is 7.12. The molecule has 110 valence electrons. The summed E-state index contributed by atoms with van der Waals surface area (Å²) in [6, 6.07) is 11.5. The van der Waals surface area contributed by atoms with E-state index in [1.54, 1.807) is 0 Å². The molecule has 1 fully saturated rings. The largest absolute Gasteiger partial charge is 0.309 e. The number of rotatable bonds is 4. The molecular weight excluding hydrogens is 276 g/mol. The summed E-state index contributed by atoms with van der Waals surface area (Å²) in [5.74, 6) is 0. The first-order valence-electron chi connectivity index (χ1n) is 8.12. The maximum absolute atomic E-state index is 5.07. The molecule has 1 atom stereocenters. The number of hydrogen-bond donors (Lipinski definition) is 1. The Bertz CT molecular complexity index is 628. The van der Waals surface area contributed by atoms with Crippen LogP contribution in [0.1, 0.15) is 59.8 Å². The molecular formula is C18H22N2S. The van der Waals surface area contributed by atoms with Crippen molar-refractivity contribution < 1.29 is 0 Å². The van der Waals surface area contributed by atoms with E-state index in [1.807, 2.05) is 11.3 Å². The van der Waals surface area contributed by atoms with E-state index in [0.29, 0.717) is 6.04 Å². The van der Waals surface area contributed by atoms with Crippen molar-refractivity contribution in [3.63, 3.8) is 0 Å². The van der Waals surface area contributed by atoms with Gasteiger partial charge in [-0.05, 0) is 44.2 Å². The molecule has 0 radical (unpaired) electrons. The highest BCUT2D eigenvalue weighted by Crippen LogP contribution is 2.55. The van der Waals surface area contributed by atoms with Crippen LogP contribution in [0, 0.1) is 0 Å². The van der Waals surface area contributed by atoms with Gasteiger partial charge in [-0.2, -0.15) is 0 Å². The first-order chi connectivity index (χ1) is 10.3. The van der Waals surface area contributed by atoms with Crippen LogP contribution in [-0.2, 0) is 11.8 Å². The lowest BCUT2D eigenvalue weighted by atomic mass is 9.96. The molecule has 0 saturated heterocycles. The molecule has 2 aliphatic rings. The summed E-state index contributed by atoms with van der Waals surface area (Å²) in [6.45, 7) is 3.24. The summed E-state index contributed by atoms with van der Waals surface area (Å²) < 4.78 is 0. The van der Waals surface area contributed by atoms with Crippen LogP contribution in [0.3, 0.4) is 0 Å². The number of aromatic nitrogens is 1. The fourth-order valence-corrected chi connectivity index (χ4v) is 5.06. The topological polar surface area (TPSA) is 24.9 Å². The van der Waals surface area contributed by atoms with Gasteiger partial charge >= 0.3 is 0 Å². The molecule has 1 heterocycles. The summed E-state index contributed by atoms with van der Waals surface area (Å²) >= 11 is 1.97. The monoisotopic (exact) mass is 298 g/mol. The standard InChI is InChI=1S/C18H22N2S/c1-2-19-14-9-6-10-15-16(14)21-17(20-15)18(11-12-18)13-7-4-3-5-8-13/h3-5,7-8,14,19H,2,6,9-12H2,1H3. The van der Waals surface area contributed by atoms with Gasteiger partial charge in [-0.3, -0.25) is 0 Å². The Morgan fingerprint density at radius 3 is 2.81 bits per heavy atom. The zero-order valence-corrected chi connectivity index (χ0v) is 13.4. The van der Waals surface area contributed by atoms with Crippen molar-refractivity contribution >= 4 is 11.3 Å². The predicted molar refractivity (Wildman–Crippen MR) is 87.9 cm³/mol. The van der Waals surface area contributed by atoms with E-state index in [1.165, 1.54) is 53.2 Å². The average Bonchev–Trinajstić information content (AvgIpc) is 3.22. The molecule has 21 heavy (non-hydrogen) atoms. The highest BCUT2D eigenvalue weighted by atomic mass is 32.1. The molecule has 1 aromatic carbocycles. The van der Waals surface area contributed by atoms with Crippen molar-refractivity contribution in [1.29, 1.82) is 0 Å². The van der Waals surface area contributed by atoms with Gasteiger partial charge in [-0.15, -0.1) is 11.3 Å². The molecule has 0 spiro atoms. The minimum absolute atomic E-state index is 0.236. The second kappa shape index (κ2) is 5.22. The van der Waals surface area contributed by atoms with Crippen molar-refractivity contribution in [3.8, 4) is 0 Å². The second-order valence-electron chi connectivity index (χ2n) is 6.28. The van der Waals surface area contributed by atoms with Gasteiger partial charge in [0.2, 0.25) is 0 Å². The van der Waals surface area contributed by atoms with Crippen molar-refractivity contribution in [1.82, 2.24) is 10.3 Å². The van der Waals surface area contributed by atoms with E-state index in [0.717, 1.165) is 6.54 Å². The highest BCUT2D eigenvalue weighted by Gasteiger charge is 2.49. The molecule has 1 unspecified atom stereocenters. The Labute approximate surface area is 130 Å². The summed E-state index contributed by atoms with van der Waals surface area (Å²) in [5.41, 5.74) is 3.06. The van der Waals surface area contributed by atoms with E-state index in [2.05, 4.69) is 42.6 Å². The number of fused-ring (bicyclic) bond motifs is 1. The molecule has 2 aliphatic carbocycles. The molecule has 4 rings (SSSR count). The number of nitrogens with one attached hydrogen (secondary N) is 1. The van der Waals surface area contributed by atoms with E-state index in [-0.39, 0.29) is 5.41 Å². The Morgan fingerprint density at radius 1 is 1.29 bits per heavy atom. The molecule has 1 saturated carbocycles. The molecule has 3 heteroatoms. The quantitative estimate of drug-likeness (QED) is 0.914. The van der Waals surface area contributed by atoms with Crippen molar-refractivity contribution in [2.45, 2.75) is 50.5 Å². The van der Waals surface area contributed by atoms with Gasteiger partial charge in [-0.25, -0.2) is 4.98 Å². The molecule has 2 aromatic rings. The Morgan fingerprint density at radius 2 is 2.10 bits per heavy atom. The van der Waals surface area contributed by atoms with E-state index in [9.17, 15) is 0 Å². The van der Waals surface area contributed by atoms with Gasteiger partial charge in [0.05, 0.1) is 5.69 Å². The first kappa shape index (κ1) is 13.5. The van der Waals surface area contributed by atoms with Gasteiger partial charge in [0.1, 0.15) is 5.01 Å². The Kier molecular flexibility index (Phi) is 3.35. The van der Waals surface area contributed by atoms with Crippen LogP contribution in [-0.4, -0.2) is 11.5 Å². The minimum atomic E-state index is 0.236. The zero-order chi connectivity index (χ0) is 14.3. The zero-order valence-electron chi connectivity index (χ0n) is 12.6. The lowest BCUT2D eigenvalue weighted by Crippen LogP contribution is -2.23. The Hall–Kier alpha value is -1.19. The molecule has 2 nitrogen and oxygen atoms in total. The van der Waals surface area contributed by atoms with Gasteiger partial charge in [-0.1, -0.05) is 37.3 Å². The fourth-order valence-electron chi connectivity index (χ4n) is 3.57.